The predicted molar refractivity (Wildman–Crippen MR) is 59.3 cm³/mol. The maximum Gasteiger partial charge on any atom is 0.221 e. The normalized spacial score (nSPS) is 12.2. The number of benzene rings is 1. The summed E-state index contributed by atoms with van der Waals surface area (Å²) >= 11 is 0. The van der Waals surface area contributed by atoms with Crippen molar-refractivity contribution in [2.24, 2.45) is 0 Å². The number of ether oxygens (including phenoxy) is 1. The van der Waals surface area contributed by atoms with Gasteiger partial charge in [0, 0.05) is 26.1 Å². The summed E-state index contributed by atoms with van der Waals surface area (Å²) in [5.74, 6) is -0.00250. The van der Waals surface area contributed by atoms with E-state index in [0.29, 0.717) is 6.61 Å². The van der Waals surface area contributed by atoms with E-state index in [9.17, 15) is 4.79 Å². The SMILES string of the molecule is CCOC(c1ccccc1)N(C)C(C)=O. The van der Waals surface area contributed by atoms with Crippen molar-refractivity contribution in [1.29, 1.82) is 0 Å². The molecule has 0 saturated heterocycles. The zero-order valence-corrected chi connectivity index (χ0v) is 9.43. The summed E-state index contributed by atoms with van der Waals surface area (Å²) in [7, 11) is 1.75. The Morgan fingerprint density at radius 3 is 2.47 bits per heavy atom. The molecule has 0 heterocycles. The minimum Gasteiger partial charge on any atom is -0.354 e. The minimum absolute atomic E-state index is 0.00250. The summed E-state index contributed by atoms with van der Waals surface area (Å²) in [6, 6.07) is 9.74. The molecule has 1 amide bonds. The molecule has 1 unspecified atom stereocenters. The first-order valence-electron chi connectivity index (χ1n) is 5.06. The summed E-state index contributed by atoms with van der Waals surface area (Å²) in [6.07, 6.45) is -0.284. The van der Waals surface area contributed by atoms with Gasteiger partial charge in [0.15, 0.2) is 6.23 Å². The number of nitrogens with zero attached hydrogens (tertiary/aromatic N) is 1. The second-order valence-corrected chi connectivity index (χ2v) is 3.35. The van der Waals surface area contributed by atoms with Crippen LogP contribution in [-0.2, 0) is 9.53 Å². The molecule has 1 aromatic carbocycles. The highest BCUT2D eigenvalue weighted by Gasteiger charge is 2.18. The van der Waals surface area contributed by atoms with Gasteiger partial charge in [0.05, 0.1) is 0 Å². The van der Waals surface area contributed by atoms with Crippen LogP contribution < -0.4 is 0 Å². The zero-order chi connectivity index (χ0) is 11.3. The van der Waals surface area contributed by atoms with Gasteiger partial charge in [-0.2, -0.15) is 0 Å². The lowest BCUT2D eigenvalue weighted by Gasteiger charge is -2.27. The van der Waals surface area contributed by atoms with Crippen LogP contribution >= 0.6 is 0 Å². The monoisotopic (exact) mass is 207 g/mol. The summed E-state index contributed by atoms with van der Waals surface area (Å²) in [4.78, 5) is 12.9. The fraction of sp³-hybridized carbons (Fsp3) is 0.417. The maximum absolute atomic E-state index is 11.3. The number of rotatable bonds is 4. The summed E-state index contributed by atoms with van der Waals surface area (Å²) in [6.45, 7) is 4.04. The van der Waals surface area contributed by atoms with Crippen LogP contribution in [0.15, 0.2) is 30.3 Å². The van der Waals surface area contributed by atoms with E-state index in [4.69, 9.17) is 4.74 Å². The molecule has 0 saturated carbocycles. The van der Waals surface area contributed by atoms with Gasteiger partial charge in [-0.15, -0.1) is 0 Å². The Balaban J connectivity index is 2.87. The lowest BCUT2D eigenvalue weighted by molar-refractivity contribution is -0.141. The molecule has 0 spiro atoms. The van der Waals surface area contributed by atoms with Crippen LogP contribution in [0, 0.1) is 0 Å². The van der Waals surface area contributed by atoms with Crippen LogP contribution in [0.1, 0.15) is 25.6 Å². The average Bonchev–Trinajstić information content (AvgIpc) is 2.26. The fourth-order valence-corrected chi connectivity index (χ4v) is 1.37. The van der Waals surface area contributed by atoms with Crippen LogP contribution in [0.3, 0.4) is 0 Å². The molecule has 3 heteroatoms. The van der Waals surface area contributed by atoms with Crippen LogP contribution in [0.4, 0.5) is 0 Å². The Bertz CT molecular complexity index is 311. The van der Waals surface area contributed by atoms with E-state index >= 15 is 0 Å². The number of amides is 1. The molecule has 0 fully saturated rings. The van der Waals surface area contributed by atoms with Crippen LogP contribution in [-0.4, -0.2) is 24.5 Å². The van der Waals surface area contributed by atoms with Crippen LogP contribution in [0.2, 0.25) is 0 Å². The lowest BCUT2D eigenvalue weighted by Crippen LogP contribution is -2.30. The van der Waals surface area contributed by atoms with Crippen molar-refractivity contribution in [1.82, 2.24) is 4.90 Å². The van der Waals surface area contributed by atoms with Gasteiger partial charge in [0.1, 0.15) is 0 Å². The quantitative estimate of drug-likeness (QED) is 0.708. The molecule has 0 aliphatic carbocycles. The third-order valence-electron chi connectivity index (χ3n) is 2.26. The molecule has 0 bridgehead atoms. The topological polar surface area (TPSA) is 29.5 Å². The molecule has 3 nitrogen and oxygen atoms in total. The number of hydrogen-bond donors (Lipinski definition) is 0. The highest BCUT2D eigenvalue weighted by atomic mass is 16.5. The Labute approximate surface area is 90.7 Å². The van der Waals surface area contributed by atoms with E-state index < -0.39 is 0 Å². The third-order valence-corrected chi connectivity index (χ3v) is 2.26. The highest BCUT2D eigenvalue weighted by Crippen LogP contribution is 2.20. The van der Waals surface area contributed by atoms with Gasteiger partial charge >= 0.3 is 0 Å². The Hall–Kier alpha value is -1.35. The molecule has 0 aliphatic rings. The van der Waals surface area contributed by atoms with Gasteiger partial charge in [-0.05, 0) is 6.92 Å². The van der Waals surface area contributed by atoms with Gasteiger partial charge in [-0.3, -0.25) is 4.79 Å². The fourth-order valence-electron chi connectivity index (χ4n) is 1.37. The van der Waals surface area contributed by atoms with Gasteiger partial charge < -0.3 is 9.64 Å². The van der Waals surface area contributed by atoms with Crippen molar-refractivity contribution >= 4 is 5.91 Å². The van der Waals surface area contributed by atoms with Crippen molar-refractivity contribution in [3.05, 3.63) is 35.9 Å². The predicted octanol–water partition coefficient (Wildman–Crippen LogP) is 2.20. The molecule has 82 valence electrons. The smallest absolute Gasteiger partial charge is 0.221 e. The average molecular weight is 207 g/mol. The molecule has 0 N–H and O–H groups in total. The molecule has 1 atom stereocenters. The number of hydrogen-bond acceptors (Lipinski definition) is 2. The van der Waals surface area contributed by atoms with Gasteiger partial charge in [0.25, 0.3) is 0 Å². The first-order chi connectivity index (χ1) is 7.16. The third kappa shape index (κ3) is 3.06. The van der Waals surface area contributed by atoms with E-state index in [1.165, 1.54) is 6.92 Å². The summed E-state index contributed by atoms with van der Waals surface area (Å²) in [5.41, 5.74) is 0.997. The number of carbonyl (C=O) groups excluding carboxylic acids is 1. The molecule has 0 aliphatic heterocycles. The first kappa shape index (κ1) is 11.7. The molecule has 0 aromatic heterocycles. The second kappa shape index (κ2) is 5.51. The van der Waals surface area contributed by atoms with Gasteiger partial charge in [-0.25, -0.2) is 0 Å². The maximum atomic E-state index is 11.3. The van der Waals surface area contributed by atoms with Crippen molar-refractivity contribution in [2.75, 3.05) is 13.7 Å². The second-order valence-electron chi connectivity index (χ2n) is 3.35. The molecule has 1 rings (SSSR count). The molecular weight excluding hydrogens is 190 g/mol. The van der Waals surface area contributed by atoms with E-state index in [0.717, 1.165) is 5.56 Å². The summed E-state index contributed by atoms with van der Waals surface area (Å²) in [5, 5.41) is 0. The largest absolute Gasteiger partial charge is 0.354 e. The standard InChI is InChI=1S/C12H17NO2/c1-4-15-12(13(3)10(2)14)11-8-6-5-7-9-11/h5-9,12H,4H2,1-3H3. The van der Waals surface area contributed by atoms with Gasteiger partial charge in [-0.1, -0.05) is 30.3 Å². The van der Waals surface area contributed by atoms with E-state index in [2.05, 4.69) is 0 Å². The molecule has 15 heavy (non-hydrogen) atoms. The first-order valence-corrected chi connectivity index (χ1v) is 5.06. The van der Waals surface area contributed by atoms with E-state index in [1.54, 1.807) is 11.9 Å². The molecule has 1 aromatic rings. The highest BCUT2D eigenvalue weighted by molar-refractivity contribution is 5.73. The molecular formula is C12H17NO2. The lowest BCUT2D eigenvalue weighted by atomic mass is 10.2. The Morgan fingerprint density at radius 2 is 2.00 bits per heavy atom. The van der Waals surface area contributed by atoms with Crippen LogP contribution in [0.5, 0.6) is 0 Å². The van der Waals surface area contributed by atoms with Gasteiger partial charge in [0.2, 0.25) is 5.91 Å². The van der Waals surface area contributed by atoms with Crippen molar-refractivity contribution in [3.63, 3.8) is 0 Å². The molecule has 0 radical (unpaired) electrons. The number of carbonyl (C=O) groups is 1. The summed E-state index contributed by atoms with van der Waals surface area (Å²) < 4.78 is 5.56. The Morgan fingerprint density at radius 1 is 1.40 bits per heavy atom. The zero-order valence-electron chi connectivity index (χ0n) is 9.43. The van der Waals surface area contributed by atoms with Crippen molar-refractivity contribution < 1.29 is 9.53 Å². The Kier molecular flexibility index (Phi) is 4.31. The minimum atomic E-state index is -0.284. The van der Waals surface area contributed by atoms with E-state index in [1.807, 2.05) is 37.3 Å². The van der Waals surface area contributed by atoms with Crippen LogP contribution in [0.25, 0.3) is 0 Å². The van der Waals surface area contributed by atoms with E-state index in [-0.39, 0.29) is 12.1 Å². The van der Waals surface area contributed by atoms with Crippen molar-refractivity contribution in [2.45, 2.75) is 20.1 Å². The van der Waals surface area contributed by atoms with Crippen molar-refractivity contribution in [3.8, 4) is 0 Å².